The summed E-state index contributed by atoms with van der Waals surface area (Å²) in [5.74, 6) is 0.453. The second-order valence-electron chi connectivity index (χ2n) is 5.72. The maximum absolute atomic E-state index is 12.4. The molecule has 0 radical (unpaired) electrons. The van der Waals surface area contributed by atoms with Crippen LogP contribution in [0, 0.1) is 20.8 Å². The van der Waals surface area contributed by atoms with Gasteiger partial charge in [0.15, 0.2) is 0 Å². The van der Waals surface area contributed by atoms with Gasteiger partial charge in [0, 0.05) is 11.8 Å². The molecule has 1 aromatic heterocycles. The van der Waals surface area contributed by atoms with Crippen molar-refractivity contribution < 1.29 is 9.53 Å². The molecule has 23 heavy (non-hydrogen) atoms. The van der Waals surface area contributed by atoms with E-state index in [1.54, 1.807) is 19.4 Å². The maximum Gasteiger partial charge on any atom is 0.246 e. The van der Waals surface area contributed by atoms with Crippen molar-refractivity contribution in [2.45, 2.75) is 33.7 Å². The van der Waals surface area contributed by atoms with Gasteiger partial charge in [-0.05, 0) is 44.9 Å². The van der Waals surface area contributed by atoms with Gasteiger partial charge < -0.3 is 15.4 Å². The average Bonchev–Trinajstić information content (AvgIpc) is 2.51. The van der Waals surface area contributed by atoms with E-state index in [0.717, 1.165) is 22.5 Å². The van der Waals surface area contributed by atoms with Crippen LogP contribution in [0.2, 0.25) is 0 Å². The summed E-state index contributed by atoms with van der Waals surface area (Å²) in [6.07, 6.45) is 1.64. The number of nitrogens with zero attached hydrogens (tertiary/aromatic N) is 1. The highest BCUT2D eigenvalue weighted by Crippen LogP contribution is 2.22. The molecule has 2 aromatic rings. The highest BCUT2D eigenvalue weighted by molar-refractivity contribution is 5.97. The molecule has 1 aromatic carbocycles. The molecule has 1 atom stereocenters. The lowest BCUT2D eigenvalue weighted by atomic mass is 10.0. The Hall–Kier alpha value is -2.56. The number of aryl methyl sites for hydroxylation is 3. The highest BCUT2D eigenvalue weighted by Gasteiger charge is 2.15. The first kappa shape index (κ1) is 16.8. The van der Waals surface area contributed by atoms with E-state index in [-0.39, 0.29) is 11.9 Å². The number of aromatic nitrogens is 1. The second kappa shape index (κ2) is 7.13. The molecule has 0 spiro atoms. The van der Waals surface area contributed by atoms with Crippen LogP contribution in [-0.2, 0) is 4.79 Å². The molecule has 0 fully saturated rings. The summed E-state index contributed by atoms with van der Waals surface area (Å²) in [5, 5.41) is 6.14. The average molecular weight is 313 g/mol. The molecular formula is C18H23N3O2. The molecule has 0 aliphatic heterocycles. The van der Waals surface area contributed by atoms with Crippen LogP contribution in [0.15, 0.2) is 30.5 Å². The number of methoxy groups -OCH3 is 1. The van der Waals surface area contributed by atoms with Crippen LogP contribution in [0.1, 0.15) is 23.6 Å². The van der Waals surface area contributed by atoms with Crippen molar-refractivity contribution in [1.82, 2.24) is 4.98 Å². The molecule has 122 valence electrons. The van der Waals surface area contributed by atoms with Crippen LogP contribution in [-0.4, -0.2) is 24.0 Å². The lowest BCUT2D eigenvalue weighted by Gasteiger charge is -2.18. The number of hydrogen-bond acceptors (Lipinski definition) is 4. The van der Waals surface area contributed by atoms with E-state index in [2.05, 4.69) is 27.8 Å². The number of nitrogens with one attached hydrogen (secondary N) is 2. The number of rotatable bonds is 5. The van der Waals surface area contributed by atoms with Gasteiger partial charge in [-0.1, -0.05) is 17.7 Å². The summed E-state index contributed by atoms with van der Waals surface area (Å²) >= 11 is 0. The van der Waals surface area contributed by atoms with Gasteiger partial charge in [-0.3, -0.25) is 4.79 Å². The van der Waals surface area contributed by atoms with E-state index in [9.17, 15) is 4.79 Å². The van der Waals surface area contributed by atoms with Crippen LogP contribution in [0.3, 0.4) is 0 Å². The summed E-state index contributed by atoms with van der Waals surface area (Å²) in [6.45, 7) is 7.87. The van der Waals surface area contributed by atoms with Crippen molar-refractivity contribution in [3.05, 3.63) is 47.2 Å². The van der Waals surface area contributed by atoms with Crippen LogP contribution >= 0.6 is 0 Å². The number of carbonyl (C=O) groups excluding carboxylic acids is 1. The number of pyridine rings is 1. The maximum atomic E-state index is 12.4. The fourth-order valence-electron chi connectivity index (χ4n) is 2.51. The zero-order valence-electron chi connectivity index (χ0n) is 14.2. The zero-order valence-corrected chi connectivity index (χ0v) is 14.2. The Morgan fingerprint density at radius 1 is 1.17 bits per heavy atom. The molecule has 1 heterocycles. The van der Waals surface area contributed by atoms with E-state index in [0.29, 0.717) is 5.88 Å². The summed E-state index contributed by atoms with van der Waals surface area (Å²) < 4.78 is 5.02. The Morgan fingerprint density at radius 3 is 2.35 bits per heavy atom. The van der Waals surface area contributed by atoms with Crippen molar-refractivity contribution >= 4 is 17.3 Å². The minimum Gasteiger partial charge on any atom is -0.481 e. The Labute approximate surface area is 137 Å². The van der Waals surface area contributed by atoms with Crippen molar-refractivity contribution in [3.63, 3.8) is 0 Å². The topological polar surface area (TPSA) is 63.2 Å². The van der Waals surface area contributed by atoms with Crippen LogP contribution in [0.25, 0.3) is 0 Å². The number of hydrogen-bond donors (Lipinski definition) is 2. The molecule has 0 aliphatic carbocycles. The largest absolute Gasteiger partial charge is 0.481 e. The second-order valence-corrected chi connectivity index (χ2v) is 5.72. The summed E-state index contributed by atoms with van der Waals surface area (Å²) in [4.78, 5) is 16.5. The highest BCUT2D eigenvalue weighted by atomic mass is 16.5. The molecule has 1 amide bonds. The van der Waals surface area contributed by atoms with E-state index in [4.69, 9.17) is 4.74 Å². The van der Waals surface area contributed by atoms with E-state index >= 15 is 0 Å². The minimum atomic E-state index is -0.384. The van der Waals surface area contributed by atoms with E-state index in [1.165, 1.54) is 5.56 Å². The lowest BCUT2D eigenvalue weighted by Crippen LogP contribution is -2.32. The Morgan fingerprint density at radius 2 is 1.83 bits per heavy atom. The van der Waals surface area contributed by atoms with Gasteiger partial charge in [0.2, 0.25) is 11.8 Å². The number of carbonyl (C=O) groups is 1. The first-order chi connectivity index (χ1) is 10.9. The summed E-state index contributed by atoms with van der Waals surface area (Å²) in [6, 6.07) is 7.33. The lowest BCUT2D eigenvalue weighted by molar-refractivity contribution is -0.116. The SMILES string of the molecule is COc1ccc(NC(C)C(=O)Nc2c(C)cc(C)cc2C)cn1. The molecular weight excluding hydrogens is 290 g/mol. The zero-order chi connectivity index (χ0) is 17.0. The molecule has 2 N–H and O–H groups in total. The summed E-state index contributed by atoms with van der Waals surface area (Å²) in [7, 11) is 1.57. The van der Waals surface area contributed by atoms with Crippen molar-refractivity contribution in [2.24, 2.45) is 0 Å². The Kier molecular flexibility index (Phi) is 5.21. The predicted octanol–water partition coefficient (Wildman–Crippen LogP) is 3.45. The van der Waals surface area contributed by atoms with Crippen molar-refractivity contribution in [1.29, 1.82) is 0 Å². The van der Waals surface area contributed by atoms with Crippen molar-refractivity contribution in [2.75, 3.05) is 17.7 Å². The Balaban J connectivity index is 2.05. The monoisotopic (exact) mass is 313 g/mol. The third kappa shape index (κ3) is 4.22. The van der Waals surface area contributed by atoms with Crippen molar-refractivity contribution in [3.8, 4) is 5.88 Å². The Bertz CT molecular complexity index is 673. The third-order valence-electron chi connectivity index (χ3n) is 3.65. The van der Waals surface area contributed by atoms with Crippen LogP contribution < -0.4 is 15.4 Å². The normalized spacial score (nSPS) is 11.7. The van der Waals surface area contributed by atoms with Gasteiger partial charge >= 0.3 is 0 Å². The van der Waals surface area contributed by atoms with E-state index < -0.39 is 0 Å². The first-order valence-corrected chi connectivity index (χ1v) is 7.56. The molecule has 2 rings (SSSR count). The molecule has 5 nitrogen and oxygen atoms in total. The minimum absolute atomic E-state index is 0.0872. The van der Waals surface area contributed by atoms with Gasteiger partial charge in [-0.15, -0.1) is 0 Å². The molecule has 0 saturated heterocycles. The van der Waals surface area contributed by atoms with Gasteiger partial charge in [0.25, 0.3) is 0 Å². The molecule has 1 unspecified atom stereocenters. The molecule has 0 aliphatic rings. The van der Waals surface area contributed by atoms with Gasteiger partial charge in [0.05, 0.1) is 19.0 Å². The standard InChI is InChI=1S/C18H23N3O2/c1-11-8-12(2)17(13(3)9-11)21-18(22)14(4)20-15-6-7-16(23-5)19-10-15/h6-10,14,20H,1-5H3,(H,21,22). The van der Waals surface area contributed by atoms with Crippen LogP contribution in [0.5, 0.6) is 5.88 Å². The molecule has 0 bridgehead atoms. The molecule has 0 saturated carbocycles. The van der Waals surface area contributed by atoms with Gasteiger partial charge in [-0.25, -0.2) is 4.98 Å². The number of anilines is 2. The van der Waals surface area contributed by atoms with E-state index in [1.807, 2.05) is 33.8 Å². The number of benzene rings is 1. The van der Waals surface area contributed by atoms with Crippen LogP contribution in [0.4, 0.5) is 11.4 Å². The number of amides is 1. The quantitative estimate of drug-likeness (QED) is 0.887. The first-order valence-electron chi connectivity index (χ1n) is 7.56. The fraction of sp³-hybridized carbons (Fsp3) is 0.333. The predicted molar refractivity (Wildman–Crippen MR) is 93.2 cm³/mol. The van der Waals surface area contributed by atoms with Gasteiger partial charge in [0.1, 0.15) is 6.04 Å². The third-order valence-corrected chi connectivity index (χ3v) is 3.65. The molecule has 5 heteroatoms. The number of ether oxygens (including phenoxy) is 1. The fourth-order valence-corrected chi connectivity index (χ4v) is 2.51. The smallest absolute Gasteiger partial charge is 0.246 e. The summed E-state index contributed by atoms with van der Waals surface area (Å²) in [5.41, 5.74) is 4.96. The van der Waals surface area contributed by atoms with Gasteiger partial charge in [-0.2, -0.15) is 0 Å².